The molecule has 0 saturated carbocycles. The number of piperidine rings is 1. The van der Waals surface area contributed by atoms with Crippen LogP contribution in [-0.2, 0) is 0 Å². The summed E-state index contributed by atoms with van der Waals surface area (Å²) < 4.78 is 13.6. The molecule has 21 heavy (non-hydrogen) atoms. The quantitative estimate of drug-likeness (QED) is 0.848. The lowest BCUT2D eigenvalue weighted by molar-refractivity contribution is 0.0708. The fraction of sp³-hybridized carbons (Fsp3) is 0.294. The maximum Gasteiger partial charge on any atom is 0.256 e. The molecule has 0 atom stereocenters. The zero-order valence-corrected chi connectivity index (χ0v) is 11.7. The van der Waals surface area contributed by atoms with Crippen molar-refractivity contribution in [1.82, 2.24) is 9.88 Å². The normalized spacial score (nSPS) is 16.0. The van der Waals surface area contributed by atoms with E-state index in [9.17, 15) is 9.18 Å². The minimum Gasteiger partial charge on any atom is -0.339 e. The van der Waals surface area contributed by atoms with Crippen LogP contribution in [0.1, 0.15) is 34.7 Å². The molecule has 0 radical (unpaired) electrons. The van der Waals surface area contributed by atoms with Gasteiger partial charge in [0.25, 0.3) is 5.91 Å². The largest absolute Gasteiger partial charge is 0.339 e. The van der Waals surface area contributed by atoms with E-state index in [1.165, 1.54) is 17.8 Å². The van der Waals surface area contributed by atoms with Crippen molar-refractivity contribution < 1.29 is 9.18 Å². The highest BCUT2D eigenvalue weighted by Crippen LogP contribution is 2.28. The Morgan fingerprint density at radius 1 is 1.14 bits per heavy atom. The summed E-state index contributed by atoms with van der Waals surface area (Å²) in [6.45, 7) is 1.33. The first-order chi connectivity index (χ1) is 10.3. The van der Waals surface area contributed by atoms with Gasteiger partial charge in [0.2, 0.25) is 0 Å². The van der Waals surface area contributed by atoms with Crippen LogP contribution in [0.15, 0.2) is 48.8 Å². The standard InChI is InChI=1S/C17H17FN2O/c18-16-12-19-9-6-15(16)17(21)20-10-7-14(8-11-20)13-4-2-1-3-5-13/h1-6,9,12,14H,7-8,10-11H2. The fourth-order valence-electron chi connectivity index (χ4n) is 2.86. The number of halogens is 1. The molecule has 1 amide bonds. The minimum absolute atomic E-state index is 0.114. The van der Waals surface area contributed by atoms with Gasteiger partial charge in [-0.15, -0.1) is 0 Å². The lowest BCUT2D eigenvalue weighted by Gasteiger charge is -2.32. The topological polar surface area (TPSA) is 33.2 Å². The van der Waals surface area contributed by atoms with E-state index in [2.05, 4.69) is 17.1 Å². The van der Waals surface area contributed by atoms with Gasteiger partial charge in [0.05, 0.1) is 11.8 Å². The summed E-state index contributed by atoms with van der Waals surface area (Å²) in [6, 6.07) is 11.8. The maximum atomic E-state index is 13.6. The number of nitrogens with zero attached hydrogens (tertiary/aromatic N) is 2. The second-order valence-corrected chi connectivity index (χ2v) is 5.33. The highest BCUT2D eigenvalue weighted by Gasteiger charge is 2.25. The SMILES string of the molecule is O=C(c1ccncc1F)N1CCC(c2ccccc2)CC1. The Morgan fingerprint density at radius 2 is 1.86 bits per heavy atom. The molecular formula is C17H17FN2O. The molecule has 0 bridgehead atoms. The summed E-state index contributed by atoms with van der Waals surface area (Å²) in [5, 5.41) is 0. The molecule has 1 saturated heterocycles. The third-order valence-corrected chi connectivity index (χ3v) is 4.06. The number of hydrogen-bond donors (Lipinski definition) is 0. The molecule has 1 aromatic carbocycles. The fourth-order valence-corrected chi connectivity index (χ4v) is 2.86. The van der Waals surface area contributed by atoms with Crippen LogP contribution in [0, 0.1) is 5.82 Å². The number of aromatic nitrogens is 1. The molecule has 0 N–H and O–H groups in total. The van der Waals surface area contributed by atoms with Gasteiger partial charge >= 0.3 is 0 Å². The van der Waals surface area contributed by atoms with Crippen molar-refractivity contribution in [2.45, 2.75) is 18.8 Å². The lowest BCUT2D eigenvalue weighted by atomic mass is 9.89. The number of pyridine rings is 1. The molecule has 0 aliphatic carbocycles. The van der Waals surface area contributed by atoms with E-state index in [1.54, 1.807) is 4.90 Å². The van der Waals surface area contributed by atoms with Crippen LogP contribution in [0.3, 0.4) is 0 Å². The summed E-state index contributed by atoms with van der Waals surface area (Å²) in [5.41, 5.74) is 1.43. The molecule has 3 nitrogen and oxygen atoms in total. The smallest absolute Gasteiger partial charge is 0.256 e. The predicted octanol–water partition coefficient (Wildman–Crippen LogP) is 3.24. The first-order valence-electron chi connectivity index (χ1n) is 7.19. The Balaban J connectivity index is 1.66. The van der Waals surface area contributed by atoms with Crippen LogP contribution < -0.4 is 0 Å². The van der Waals surface area contributed by atoms with Crippen LogP contribution in [0.4, 0.5) is 4.39 Å². The molecule has 2 aromatic rings. The monoisotopic (exact) mass is 284 g/mol. The summed E-state index contributed by atoms with van der Waals surface area (Å²) in [6.07, 6.45) is 4.38. The first-order valence-corrected chi connectivity index (χ1v) is 7.19. The van der Waals surface area contributed by atoms with Crippen molar-refractivity contribution in [2.75, 3.05) is 13.1 Å². The van der Waals surface area contributed by atoms with Gasteiger partial charge in [0.15, 0.2) is 5.82 Å². The van der Waals surface area contributed by atoms with E-state index in [4.69, 9.17) is 0 Å². The Bertz CT molecular complexity index is 622. The minimum atomic E-state index is -0.548. The molecule has 2 heterocycles. The first kappa shape index (κ1) is 13.7. The summed E-state index contributed by atoms with van der Waals surface area (Å²) in [4.78, 5) is 17.7. The van der Waals surface area contributed by atoms with E-state index in [-0.39, 0.29) is 11.5 Å². The van der Waals surface area contributed by atoms with E-state index < -0.39 is 5.82 Å². The highest BCUT2D eigenvalue weighted by atomic mass is 19.1. The van der Waals surface area contributed by atoms with Crippen LogP contribution in [0.2, 0.25) is 0 Å². The average molecular weight is 284 g/mol. The van der Waals surface area contributed by atoms with Crippen molar-refractivity contribution >= 4 is 5.91 Å². The molecule has 0 spiro atoms. The molecule has 1 aliphatic rings. The molecule has 4 heteroatoms. The van der Waals surface area contributed by atoms with Crippen LogP contribution in [0.25, 0.3) is 0 Å². The van der Waals surface area contributed by atoms with Gasteiger partial charge in [-0.3, -0.25) is 9.78 Å². The maximum absolute atomic E-state index is 13.6. The van der Waals surface area contributed by atoms with E-state index in [0.29, 0.717) is 19.0 Å². The van der Waals surface area contributed by atoms with Gasteiger partial charge in [0, 0.05) is 19.3 Å². The lowest BCUT2D eigenvalue weighted by Crippen LogP contribution is -2.38. The van der Waals surface area contributed by atoms with Crippen molar-refractivity contribution in [1.29, 1.82) is 0 Å². The van der Waals surface area contributed by atoms with E-state index >= 15 is 0 Å². The number of hydrogen-bond acceptors (Lipinski definition) is 2. The van der Waals surface area contributed by atoms with Gasteiger partial charge in [-0.25, -0.2) is 4.39 Å². The third kappa shape index (κ3) is 2.94. The number of rotatable bonds is 2. The summed E-state index contributed by atoms with van der Waals surface area (Å²) >= 11 is 0. The molecule has 3 rings (SSSR count). The Morgan fingerprint density at radius 3 is 2.52 bits per heavy atom. The number of amides is 1. The van der Waals surface area contributed by atoms with E-state index in [1.807, 2.05) is 18.2 Å². The summed E-state index contributed by atoms with van der Waals surface area (Å²) in [5.74, 6) is -0.299. The Kier molecular flexibility index (Phi) is 3.95. The molecule has 1 fully saturated rings. The summed E-state index contributed by atoms with van der Waals surface area (Å²) in [7, 11) is 0. The van der Waals surface area contributed by atoms with E-state index in [0.717, 1.165) is 19.0 Å². The number of benzene rings is 1. The van der Waals surface area contributed by atoms with Gasteiger partial charge in [-0.2, -0.15) is 0 Å². The van der Waals surface area contributed by atoms with Gasteiger partial charge in [-0.05, 0) is 30.4 Å². The van der Waals surface area contributed by atoms with Crippen LogP contribution in [-0.4, -0.2) is 28.9 Å². The highest BCUT2D eigenvalue weighted by molar-refractivity contribution is 5.94. The molecular weight excluding hydrogens is 267 g/mol. The van der Waals surface area contributed by atoms with Crippen molar-refractivity contribution in [3.05, 3.63) is 65.7 Å². The second kappa shape index (κ2) is 6.04. The van der Waals surface area contributed by atoms with Crippen molar-refractivity contribution in [3.8, 4) is 0 Å². The average Bonchev–Trinajstić information content (AvgIpc) is 2.56. The third-order valence-electron chi connectivity index (χ3n) is 4.06. The van der Waals surface area contributed by atoms with Crippen LogP contribution in [0.5, 0.6) is 0 Å². The van der Waals surface area contributed by atoms with Gasteiger partial charge < -0.3 is 4.90 Å². The Hall–Kier alpha value is -2.23. The van der Waals surface area contributed by atoms with Crippen LogP contribution >= 0.6 is 0 Å². The van der Waals surface area contributed by atoms with Gasteiger partial charge in [-0.1, -0.05) is 30.3 Å². The predicted molar refractivity (Wildman–Crippen MR) is 78.5 cm³/mol. The molecule has 0 unspecified atom stereocenters. The molecule has 1 aromatic heterocycles. The van der Waals surface area contributed by atoms with Crippen molar-refractivity contribution in [3.63, 3.8) is 0 Å². The second-order valence-electron chi connectivity index (χ2n) is 5.33. The molecule has 108 valence electrons. The zero-order valence-electron chi connectivity index (χ0n) is 11.7. The number of likely N-dealkylation sites (tertiary alicyclic amines) is 1. The zero-order chi connectivity index (χ0) is 14.7. The Labute approximate surface area is 123 Å². The number of carbonyl (C=O) groups is 1. The van der Waals surface area contributed by atoms with Gasteiger partial charge in [0.1, 0.15) is 0 Å². The molecule has 1 aliphatic heterocycles. The van der Waals surface area contributed by atoms with Crippen molar-refractivity contribution in [2.24, 2.45) is 0 Å². The number of carbonyl (C=O) groups excluding carboxylic acids is 1.